The van der Waals surface area contributed by atoms with Crippen LogP contribution in [0.3, 0.4) is 0 Å². The zero-order valence-corrected chi connectivity index (χ0v) is 10.8. The third-order valence-corrected chi connectivity index (χ3v) is 2.54. The Morgan fingerprint density at radius 3 is 2.38 bits per heavy atom. The fourth-order valence-corrected chi connectivity index (χ4v) is 1.62. The summed E-state index contributed by atoms with van der Waals surface area (Å²) in [6, 6.07) is 4.96. The molecular weight excluding hydrogens is 292 g/mol. The molecule has 1 N–H and O–H groups in total. The minimum atomic E-state index is -4.52. The largest absolute Gasteiger partial charge is 0.408 e. The van der Waals surface area contributed by atoms with Crippen molar-refractivity contribution in [1.29, 1.82) is 0 Å². The van der Waals surface area contributed by atoms with Gasteiger partial charge in [-0.25, -0.2) is 9.07 Å². The molecule has 1 aromatic heterocycles. The van der Waals surface area contributed by atoms with Crippen molar-refractivity contribution in [2.24, 2.45) is 10.2 Å². The van der Waals surface area contributed by atoms with E-state index in [-0.39, 0.29) is 17.1 Å². The first-order chi connectivity index (χ1) is 9.76. The van der Waals surface area contributed by atoms with Crippen LogP contribution in [-0.2, 0) is 6.54 Å². The van der Waals surface area contributed by atoms with Crippen molar-refractivity contribution in [1.82, 2.24) is 9.78 Å². The van der Waals surface area contributed by atoms with Crippen molar-refractivity contribution in [3.63, 3.8) is 0 Å². The van der Waals surface area contributed by atoms with Crippen LogP contribution in [0.25, 0.3) is 0 Å². The number of halogens is 4. The second-order valence-electron chi connectivity index (χ2n) is 4.27. The van der Waals surface area contributed by atoms with E-state index in [2.05, 4.69) is 15.3 Å². The van der Waals surface area contributed by atoms with Gasteiger partial charge in [0.1, 0.15) is 12.4 Å². The average molecular weight is 302 g/mol. The molecular formula is C12H10F4N4O. The van der Waals surface area contributed by atoms with E-state index in [4.69, 9.17) is 0 Å². The first kappa shape index (κ1) is 14.9. The molecule has 9 heteroatoms. The highest BCUT2D eigenvalue weighted by atomic mass is 19.4. The zero-order valence-electron chi connectivity index (χ0n) is 10.8. The van der Waals surface area contributed by atoms with Crippen LogP contribution in [0, 0.1) is 12.7 Å². The lowest BCUT2D eigenvalue weighted by molar-refractivity contribution is -0.143. The zero-order chi connectivity index (χ0) is 15.6. The third kappa shape index (κ3) is 3.77. The predicted octanol–water partition coefficient (Wildman–Crippen LogP) is 3.60. The van der Waals surface area contributed by atoms with Gasteiger partial charge in [-0.3, -0.25) is 9.89 Å². The van der Waals surface area contributed by atoms with Gasteiger partial charge in [0.15, 0.2) is 5.69 Å². The second kappa shape index (κ2) is 5.51. The lowest BCUT2D eigenvalue weighted by Crippen LogP contribution is -2.26. The molecule has 0 aliphatic rings. The maximum atomic E-state index is 12.7. The normalized spacial score (nSPS) is 12.2. The van der Waals surface area contributed by atoms with E-state index in [1.54, 1.807) is 0 Å². The van der Waals surface area contributed by atoms with Gasteiger partial charge in [0.25, 0.3) is 5.56 Å². The topological polar surface area (TPSA) is 62.5 Å². The van der Waals surface area contributed by atoms with Crippen LogP contribution in [-0.4, -0.2) is 16.0 Å². The lowest BCUT2D eigenvalue weighted by atomic mass is 10.3. The number of nitrogens with one attached hydrogen (secondary N) is 1. The monoisotopic (exact) mass is 302 g/mol. The van der Waals surface area contributed by atoms with E-state index >= 15 is 0 Å². The smallest absolute Gasteiger partial charge is 0.297 e. The maximum Gasteiger partial charge on any atom is 0.408 e. The standard InChI is InChI=1S/C12H10F4N4O/c1-7-10(11(21)20(19-7)6-12(14,15)16)18-17-9-4-2-8(13)3-5-9/h2-5,19H,6H2,1H3. The summed E-state index contributed by atoms with van der Waals surface area (Å²) in [5.41, 5.74) is -0.701. The van der Waals surface area contributed by atoms with Crippen LogP contribution < -0.4 is 5.56 Å². The molecule has 0 saturated carbocycles. The number of aromatic nitrogens is 2. The van der Waals surface area contributed by atoms with Crippen LogP contribution in [0.15, 0.2) is 39.3 Å². The van der Waals surface area contributed by atoms with Crippen molar-refractivity contribution in [2.45, 2.75) is 19.6 Å². The Morgan fingerprint density at radius 1 is 1.19 bits per heavy atom. The highest BCUT2D eigenvalue weighted by Gasteiger charge is 2.30. The van der Waals surface area contributed by atoms with Gasteiger partial charge in [0.2, 0.25) is 0 Å². The summed E-state index contributed by atoms with van der Waals surface area (Å²) < 4.78 is 50.0. The first-order valence-electron chi connectivity index (χ1n) is 5.80. The van der Waals surface area contributed by atoms with Gasteiger partial charge in [-0.2, -0.15) is 18.3 Å². The molecule has 1 heterocycles. The Bertz CT molecular complexity index is 712. The number of alkyl halides is 3. The molecule has 0 spiro atoms. The van der Waals surface area contributed by atoms with E-state index in [0.717, 1.165) is 12.1 Å². The summed E-state index contributed by atoms with van der Waals surface area (Å²) >= 11 is 0. The fourth-order valence-electron chi connectivity index (χ4n) is 1.62. The molecule has 0 aliphatic heterocycles. The SMILES string of the molecule is Cc1[nH]n(CC(F)(F)F)c(=O)c1N=Nc1ccc(F)cc1. The Labute approximate surface area is 115 Å². The van der Waals surface area contributed by atoms with Gasteiger partial charge in [-0.15, -0.1) is 5.11 Å². The Morgan fingerprint density at radius 2 is 1.81 bits per heavy atom. The van der Waals surface area contributed by atoms with E-state index in [9.17, 15) is 22.4 Å². The number of H-pyrrole nitrogens is 1. The summed E-state index contributed by atoms with van der Waals surface area (Å²) in [5.74, 6) is -0.459. The summed E-state index contributed by atoms with van der Waals surface area (Å²) in [7, 11) is 0. The molecule has 0 fully saturated rings. The summed E-state index contributed by atoms with van der Waals surface area (Å²) in [6.07, 6.45) is -4.52. The highest BCUT2D eigenvalue weighted by molar-refractivity contribution is 5.41. The molecule has 0 bridgehead atoms. The second-order valence-corrected chi connectivity index (χ2v) is 4.27. The molecule has 5 nitrogen and oxygen atoms in total. The van der Waals surface area contributed by atoms with Crippen LogP contribution >= 0.6 is 0 Å². The van der Waals surface area contributed by atoms with Gasteiger partial charge in [0.05, 0.1) is 11.4 Å². The summed E-state index contributed by atoms with van der Waals surface area (Å²) in [4.78, 5) is 11.8. The van der Waals surface area contributed by atoms with Crippen molar-refractivity contribution in [3.8, 4) is 0 Å². The molecule has 2 rings (SSSR count). The van der Waals surface area contributed by atoms with E-state index < -0.39 is 24.1 Å². The van der Waals surface area contributed by atoms with Crippen LogP contribution in [0.2, 0.25) is 0 Å². The average Bonchev–Trinajstić information content (AvgIpc) is 2.62. The molecule has 2 aromatic rings. The summed E-state index contributed by atoms with van der Waals surface area (Å²) in [5, 5.41) is 9.60. The van der Waals surface area contributed by atoms with Crippen molar-refractivity contribution >= 4 is 11.4 Å². The van der Waals surface area contributed by atoms with Crippen molar-refractivity contribution in [3.05, 3.63) is 46.1 Å². The number of aryl methyl sites for hydroxylation is 1. The molecule has 0 amide bonds. The minimum Gasteiger partial charge on any atom is -0.297 e. The molecule has 0 atom stereocenters. The Balaban J connectivity index is 2.28. The molecule has 21 heavy (non-hydrogen) atoms. The highest BCUT2D eigenvalue weighted by Crippen LogP contribution is 2.20. The van der Waals surface area contributed by atoms with Gasteiger partial charge < -0.3 is 0 Å². The van der Waals surface area contributed by atoms with E-state index in [1.165, 1.54) is 19.1 Å². The molecule has 0 saturated heterocycles. The fraction of sp³-hybridized carbons (Fsp3) is 0.250. The number of hydrogen-bond donors (Lipinski definition) is 1. The van der Waals surface area contributed by atoms with Crippen LogP contribution in [0.5, 0.6) is 0 Å². The minimum absolute atomic E-state index is 0.162. The molecule has 112 valence electrons. The summed E-state index contributed by atoms with van der Waals surface area (Å²) in [6.45, 7) is -0.0218. The number of aromatic amines is 1. The Kier molecular flexibility index (Phi) is 3.92. The number of rotatable bonds is 3. The number of azo groups is 1. The molecule has 0 unspecified atom stereocenters. The first-order valence-corrected chi connectivity index (χ1v) is 5.80. The molecule has 1 aromatic carbocycles. The van der Waals surface area contributed by atoms with Gasteiger partial charge in [-0.1, -0.05) is 0 Å². The molecule has 0 aliphatic carbocycles. The van der Waals surface area contributed by atoms with Gasteiger partial charge >= 0.3 is 6.18 Å². The number of nitrogens with zero attached hydrogens (tertiary/aromatic N) is 3. The number of hydrogen-bond acceptors (Lipinski definition) is 3. The maximum absolute atomic E-state index is 12.7. The van der Waals surface area contributed by atoms with Crippen molar-refractivity contribution < 1.29 is 17.6 Å². The van der Waals surface area contributed by atoms with Crippen LogP contribution in [0.4, 0.5) is 28.9 Å². The van der Waals surface area contributed by atoms with E-state index in [0.29, 0.717) is 4.68 Å². The van der Waals surface area contributed by atoms with Gasteiger partial charge in [-0.05, 0) is 31.2 Å². The lowest BCUT2D eigenvalue weighted by Gasteiger charge is -2.05. The van der Waals surface area contributed by atoms with E-state index in [1.807, 2.05) is 0 Å². The quantitative estimate of drug-likeness (QED) is 0.683. The molecule has 0 radical (unpaired) electrons. The Hall–Kier alpha value is -2.45. The predicted molar refractivity (Wildman–Crippen MR) is 66.4 cm³/mol. The van der Waals surface area contributed by atoms with Crippen molar-refractivity contribution in [2.75, 3.05) is 0 Å². The van der Waals surface area contributed by atoms with Crippen LogP contribution in [0.1, 0.15) is 5.69 Å². The number of benzene rings is 1. The van der Waals surface area contributed by atoms with Gasteiger partial charge in [0, 0.05) is 0 Å². The third-order valence-electron chi connectivity index (χ3n) is 2.54.